The van der Waals surface area contributed by atoms with Crippen molar-refractivity contribution in [2.45, 2.75) is 26.7 Å². The molecule has 2 N–H and O–H groups in total. The molecule has 0 unspecified atom stereocenters. The topological polar surface area (TPSA) is 41.1 Å². The molecule has 0 bridgehead atoms. The minimum atomic E-state index is 0.0923. The fraction of sp³-hybridized carbons (Fsp3) is 0.316. The number of para-hydroxylation sites is 1. The van der Waals surface area contributed by atoms with Gasteiger partial charge in [0.1, 0.15) is 0 Å². The van der Waals surface area contributed by atoms with Gasteiger partial charge < -0.3 is 10.6 Å². The highest BCUT2D eigenvalue weighted by Crippen LogP contribution is 2.18. The summed E-state index contributed by atoms with van der Waals surface area (Å²) in [6.45, 7) is 5.50. The van der Waals surface area contributed by atoms with Crippen molar-refractivity contribution in [3.63, 3.8) is 0 Å². The molecule has 0 saturated carbocycles. The fourth-order valence-corrected chi connectivity index (χ4v) is 2.47. The largest absolute Gasteiger partial charge is 0.384 e. The molecule has 0 aromatic heterocycles. The lowest BCUT2D eigenvalue weighted by molar-refractivity contribution is -0.120. The number of carbonyl (C=O) groups excluding carboxylic acids is 1. The van der Waals surface area contributed by atoms with Crippen LogP contribution in [0.25, 0.3) is 0 Å². The number of anilines is 1. The second kappa shape index (κ2) is 8.23. The van der Waals surface area contributed by atoms with Gasteiger partial charge in [-0.15, -0.1) is 0 Å². The summed E-state index contributed by atoms with van der Waals surface area (Å²) in [4.78, 5) is 11.8. The zero-order valence-corrected chi connectivity index (χ0v) is 13.4. The van der Waals surface area contributed by atoms with Crippen LogP contribution in [0.15, 0.2) is 48.5 Å². The van der Waals surface area contributed by atoms with E-state index in [1.165, 1.54) is 16.7 Å². The van der Waals surface area contributed by atoms with Gasteiger partial charge in [0.25, 0.3) is 0 Å². The van der Waals surface area contributed by atoms with Gasteiger partial charge in [-0.05, 0) is 37.0 Å². The average molecular weight is 296 g/mol. The van der Waals surface area contributed by atoms with Crippen LogP contribution in [0.2, 0.25) is 0 Å². The minimum Gasteiger partial charge on any atom is -0.384 e. The van der Waals surface area contributed by atoms with Crippen LogP contribution >= 0.6 is 0 Å². The first-order valence-electron chi connectivity index (χ1n) is 7.77. The SMILES string of the molecule is Cc1cccc(C)c1NCCC(=O)NCCc1ccccc1. The van der Waals surface area contributed by atoms with Crippen LogP contribution in [0.1, 0.15) is 23.1 Å². The molecule has 3 nitrogen and oxygen atoms in total. The van der Waals surface area contributed by atoms with Gasteiger partial charge in [-0.25, -0.2) is 0 Å². The summed E-state index contributed by atoms with van der Waals surface area (Å²) in [7, 11) is 0. The maximum absolute atomic E-state index is 11.8. The predicted octanol–water partition coefficient (Wildman–Crippen LogP) is 3.46. The molecule has 22 heavy (non-hydrogen) atoms. The van der Waals surface area contributed by atoms with E-state index in [1.54, 1.807) is 0 Å². The van der Waals surface area contributed by atoms with Crippen molar-refractivity contribution in [1.29, 1.82) is 0 Å². The number of amides is 1. The third-order valence-corrected chi connectivity index (χ3v) is 3.71. The van der Waals surface area contributed by atoms with Crippen molar-refractivity contribution in [3.8, 4) is 0 Å². The van der Waals surface area contributed by atoms with Crippen molar-refractivity contribution in [2.75, 3.05) is 18.4 Å². The van der Waals surface area contributed by atoms with Crippen LogP contribution in [0, 0.1) is 13.8 Å². The van der Waals surface area contributed by atoms with E-state index in [1.807, 2.05) is 24.3 Å². The Morgan fingerprint density at radius 3 is 2.27 bits per heavy atom. The lowest BCUT2D eigenvalue weighted by Crippen LogP contribution is -2.27. The van der Waals surface area contributed by atoms with Gasteiger partial charge in [0.05, 0.1) is 0 Å². The highest BCUT2D eigenvalue weighted by molar-refractivity contribution is 5.76. The molecule has 0 spiro atoms. The average Bonchev–Trinajstić information content (AvgIpc) is 2.51. The molecular formula is C19H24N2O. The molecule has 0 fully saturated rings. The number of benzene rings is 2. The van der Waals surface area contributed by atoms with Crippen LogP contribution in [0.5, 0.6) is 0 Å². The first kappa shape index (κ1) is 16.1. The van der Waals surface area contributed by atoms with E-state index in [0.717, 1.165) is 12.1 Å². The Morgan fingerprint density at radius 1 is 0.909 bits per heavy atom. The summed E-state index contributed by atoms with van der Waals surface area (Å²) in [6, 6.07) is 16.4. The number of hydrogen-bond donors (Lipinski definition) is 2. The van der Waals surface area contributed by atoms with E-state index >= 15 is 0 Å². The number of carbonyl (C=O) groups is 1. The summed E-state index contributed by atoms with van der Waals surface area (Å²) in [5.74, 6) is 0.0923. The minimum absolute atomic E-state index is 0.0923. The first-order chi connectivity index (χ1) is 10.7. The van der Waals surface area contributed by atoms with E-state index < -0.39 is 0 Å². The molecule has 2 aromatic rings. The Kier molecular flexibility index (Phi) is 6.01. The van der Waals surface area contributed by atoms with Gasteiger partial charge in [0.2, 0.25) is 5.91 Å². The molecule has 116 valence electrons. The zero-order chi connectivity index (χ0) is 15.8. The predicted molar refractivity (Wildman–Crippen MR) is 92.2 cm³/mol. The Hall–Kier alpha value is -2.29. The Labute approximate surface area is 132 Å². The quantitative estimate of drug-likeness (QED) is 0.821. The maximum atomic E-state index is 11.8. The van der Waals surface area contributed by atoms with E-state index in [-0.39, 0.29) is 5.91 Å². The normalized spacial score (nSPS) is 10.3. The Balaban J connectivity index is 1.68. The first-order valence-corrected chi connectivity index (χ1v) is 7.77. The molecular weight excluding hydrogens is 272 g/mol. The summed E-state index contributed by atoms with van der Waals surface area (Å²) in [5.41, 5.74) is 4.81. The monoisotopic (exact) mass is 296 g/mol. The van der Waals surface area contributed by atoms with Gasteiger partial charge in [-0.1, -0.05) is 48.5 Å². The summed E-state index contributed by atoms with van der Waals surface area (Å²) in [5, 5.41) is 6.33. The fourth-order valence-electron chi connectivity index (χ4n) is 2.47. The third kappa shape index (κ3) is 4.92. The molecule has 0 heterocycles. The Bertz CT molecular complexity index is 588. The van der Waals surface area contributed by atoms with Gasteiger partial charge in [0, 0.05) is 25.2 Å². The molecule has 0 aliphatic carbocycles. The molecule has 2 aromatic carbocycles. The van der Waals surface area contributed by atoms with E-state index in [9.17, 15) is 4.79 Å². The molecule has 0 aliphatic rings. The Morgan fingerprint density at radius 2 is 1.59 bits per heavy atom. The third-order valence-electron chi connectivity index (χ3n) is 3.71. The van der Waals surface area contributed by atoms with Crippen LogP contribution in [-0.2, 0) is 11.2 Å². The summed E-state index contributed by atoms with van der Waals surface area (Å²) in [6.07, 6.45) is 1.36. The van der Waals surface area contributed by atoms with E-state index in [0.29, 0.717) is 19.5 Å². The molecule has 0 atom stereocenters. The second-order valence-corrected chi connectivity index (χ2v) is 5.53. The number of nitrogens with one attached hydrogen (secondary N) is 2. The molecule has 0 saturated heterocycles. The maximum Gasteiger partial charge on any atom is 0.221 e. The van der Waals surface area contributed by atoms with Gasteiger partial charge in [-0.2, -0.15) is 0 Å². The van der Waals surface area contributed by atoms with Crippen LogP contribution in [0.4, 0.5) is 5.69 Å². The molecule has 2 rings (SSSR count). The zero-order valence-electron chi connectivity index (χ0n) is 13.4. The number of rotatable bonds is 7. The van der Waals surface area contributed by atoms with Crippen molar-refractivity contribution in [3.05, 3.63) is 65.2 Å². The van der Waals surface area contributed by atoms with Crippen molar-refractivity contribution in [1.82, 2.24) is 5.32 Å². The lowest BCUT2D eigenvalue weighted by atomic mass is 10.1. The molecule has 0 radical (unpaired) electrons. The van der Waals surface area contributed by atoms with Crippen molar-refractivity contribution < 1.29 is 4.79 Å². The van der Waals surface area contributed by atoms with Crippen LogP contribution in [0.3, 0.4) is 0 Å². The van der Waals surface area contributed by atoms with Crippen LogP contribution in [-0.4, -0.2) is 19.0 Å². The second-order valence-electron chi connectivity index (χ2n) is 5.53. The lowest BCUT2D eigenvalue weighted by Gasteiger charge is -2.12. The molecule has 3 heteroatoms. The van der Waals surface area contributed by atoms with E-state index in [4.69, 9.17) is 0 Å². The van der Waals surface area contributed by atoms with Gasteiger partial charge in [-0.3, -0.25) is 4.79 Å². The molecule has 1 amide bonds. The smallest absolute Gasteiger partial charge is 0.221 e. The van der Waals surface area contributed by atoms with Gasteiger partial charge >= 0.3 is 0 Å². The number of hydrogen-bond acceptors (Lipinski definition) is 2. The standard InChI is InChI=1S/C19H24N2O/c1-15-7-6-8-16(2)19(15)21-14-12-18(22)20-13-11-17-9-4-3-5-10-17/h3-10,21H,11-14H2,1-2H3,(H,20,22). The highest BCUT2D eigenvalue weighted by atomic mass is 16.1. The van der Waals surface area contributed by atoms with Crippen LogP contribution < -0.4 is 10.6 Å². The molecule has 0 aliphatic heterocycles. The van der Waals surface area contributed by atoms with Crippen molar-refractivity contribution >= 4 is 11.6 Å². The summed E-state index contributed by atoms with van der Waals surface area (Å²) >= 11 is 0. The van der Waals surface area contributed by atoms with Gasteiger partial charge in [0.15, 0.2) is 0 Å². The van der Waals surface area contributed by atoms with Crippen molar-refractivity contribution in [2.24, 2.45) is 0 Å². The highest BCUT2D eigenvalue weighted by Gasteiger charge is 2.04. The summed E-state index contributed by atoms with van der Waals surface area (Å²) < 4.78 is 0. The number of aryl methyl sites for hydroxylation is 2. The van der Waals surface area contributed by atoms with E-state index in [2.05, 4.69) is 48.7 Å².